The van der Waals surface area contributed by atoms with Gasteiger partial charge in [0.2, 0.25) is 5.95 Å². The van der Waals surface area contributed by atoms with Crippen LogP contribution in [0.1, 0.15) is 28.5 Å². The van der Waals surface area contributed by atoms with Crippen molar-refractivity contribution in [3.8, 4) is 11.4 Å². The fourth-order valence-corrected chi connectivity index (χ4v) is 4.09. The molecule has 3 aromatic rings. The second-order valence-corrected chi connectivity index (χ2v) is 8.14. The average Bonchev–Trinajstić information content (AvgIpc) is 2.76. The Labute approximate surface area is 189 Å². The Bertz CT molecular complexity index is 1240. The summed E-state index contributed by atoms with van der Waals surface area (Å²) in [7, 11) is 1.53. The molecule has 2 aromatic carbocycles. The SMILES string of the molecule is COc1ccccc1-n1c(N)nc2c(c1=O)CC(C)N(C(=O)c1ccc(Cl)c(Cl)c1)C2. The number of benzene rings is 2. The van der Waals surface area contributed by atoms with Gasteiger partial charge in [-0.25, -0.2) is 9.55 Å². The zero-order valence-corrected chi connectivity index (χ0v) is 18.4. The number of anilines is 1. The Morgan fingerprint density at radius 3 is 2.65 bits per heavy atom. The molecular formula is C22H20Cl2N4O3. The zero-order chi connectivity index (χ0) is 22.3. The van der Waals surface area contributed by atoms with Crippen LogP contribution in [0.25, 0.3) is 5.69 Å². The highest BCUT2D eigenvalue weighted by molar-refractivity contribution is 6.42. The number of para-hydroxylation sites is 2. The van der Waals surface area contributed by atoms with E-state index in [1.54, 1.807) is 35.2 Å². The number of hydrogen-bond acceptors (Lipinski definition) is 5. The molecule has 0 spiro atoms. The highest BCUT2D eigenvalue weighted by Crippen LogP contribution is 2.28. The van der Waals surface area contributed by atoms with Crippen molar-refractivity contribution in [2.75, 3.05) is 12.8 Å². The van der Waals surface area contributed by atoms with E-state index in [1.165, 1.54) is 17.7 Å². The molecule has 1 aromatic heterocycles. The maximum atomic E-state index is 13.3. The summed E-state index contributed by atoms with van der Waals surface area (Å²) in [4.78, 5) is 32.5. The van der Waals surface area contributed by atoms with Gasteiger partial charge in [-0.05, 0) is 43.7 Å². The molecule has 1 aliphatic rings. The first-order chi connectivity index (χ1) is 14.8. The van der Waals surface area contributed by atoms with E-state index in [0.717, 1.165) is 0 Å². The normalized spacial score (nSPS) is 15.5. The van der Waals surface area contributed by atoms with Gasteiger partial charge in [-0.3, -0.25) is 9.59 Å². The van der Waals surface area contributed by atoms with Crippen LogP contribution in [0.4, 0.5) is 5.95 Å². The third-order valence-corrected chi connectivity index (χ3v) is 6.13. The molecular weight excluding hydrogens is 439 g/mol. The lowest BCUT2D eigenvalue weighted by molar-refractivity contribution is 0.0653. The highest BCUT2D eigenvalue weighted by atomic mass is 35.5. The number of aromatic nitrogens is 2. The topological polar surface area (TPSA) is 90.4 Å². The Morgan fingerprint density at radius 1 is 1.19 bits per heavy atom. The molecule has 1 unspecified atom stereocenters. The minimum absolute atomic E-state index is 0.0322. The first kappa shape index (κ1) is 21.2. The average molecular weight is 459 g/mol. The third kappa shape index (κ3) is 3.75. The molecule has 2 heterocycles. The predicted octanol–water partition coefficient (Wildman–Crippen LogP) is 3.72. The van der Waals surface area contributed by atoms with Crippen LogP contribution < -0.4 is 16.0 Å². The van der Waals surface area contributed by atoms with Crippen molar-refractivity contribution in [2.45, 2.75) is 25.9 Å². The third-order valence-electron chi connectivity index (χ3n) is 5.39. The van der Waals surface area contributed by atoms with Gasteiger partial charge in [0.15, 0.2) is 0 Å². The highest BCUT2D eigenvalue weighted by Gasteiger charge is 2.32. The molecule has 160 valence electrons. The summed E-state index contributed by atoms with van der Waals surface area (Å²) < 4.78 is 6.72. The van der Waals surface area contributed by atoms with Gasteiger partial charge in [0.05, 0.1) is 35.1 Å². The van der Waals surface area contributed by atoms with Gasteiger partial charge in [0.1, 0.15) is 5.75 Å². The van der Waals surface area contributed by atoms with Gasteiger partial charge in [0, 0.05) is 17.2 Å². The first-order valence-corrected chi connectivity index (χ1v) is 10.4. The van der Waals surface area contributed by atoms with Gasteiger partial charge in [-0.1, -0.05) is 35.3 Å². The molecule has 0 saturated heterocycles. The number of nitrogen functional groups attached to an aromatic ring is 1. The molecule has 4 rings (SSSR count). The fourth-order valence-electron chi connectivity index (χ4n) is 3.79. The summed E-state index contributed by atoms with van der Waals surface area (Å²) in [5.74, 6) is 0.328. The van der Waals surface area contributed by atoms with E-state index >= 15 is 0 Å². The molecule has 0 bridgehead atoms. The Morgan fingerprint density at radius 2 is 1.94 bits per heavy atom. The maximum absolute atomic E-state index is 13.3. The summed E-state index contributed by atoms with van der Waals surface area (Å²) in [6, 6.07) is 11.6. The smallest absolute Gasteiger partial charge is 0.263 e. The van der Waals surface area contributed by atoms with Gasteiger partial charge >= 0.3 is 0 Å². The molecule has 31 heavy (non-hydrogen) atoms. The predicted molar refractivity (Wildman–Crippen MR) is 120 cm³/mol. The van der Waals surface area contributed by atoms with E-state index in [4.69, 9.17) is 33.7 Å². The van der Waals surface area contributed by atoms with Crippen LogP contribution in [-0.4, -0.2) is 33.5 Å². The summed E-state index contributed by atoms with van der Waals surface area (Å²) in [6.07, 6.45) is 0.351. The molecule has 0 fully saturated rings. The van der Waals surface area contributed by atoms with Crippen molar-refractivity contribution >= 4 is 35.1 Å². The number of fused-ring (bicyclic) bond motifs is 1. The molecule has 2 N–H and O–H groups in total. The molecule has 0 radical (unpaired) electrons. The lowest BCUT2D eigenvalue weighted by atomic mass is 9.98. The quantitative estimate of drug-likeness (QED) is 0.645. The van der Waals surface area contributed by atoms with Gasteiger partial charge < -0.3 is 15.4 Å². The van der Waals surface area contributed by atoms with Crippen molar-refractivity contribution in [1.29, 1.82) is 0 Å². The standard InChI is InChI=1S/C22H20Cl2N4O3/c1-12-9-14-17(11-27(12)20(29)13-7-8-15(23)16(24)10-13)26-22(25)28(21(14)30)18-5-3-4-6-19(18)31-2/h3-8,10,12H,9,11H2,1-2H3,(H2,25,26). The number of nitrogens with zero attached hydrogens (tertiary/aromatic N) is 3. The second-order valence-electron chi connectivity index (χ2n) is 7.32. The Balaban J connectivity index is 1.74. The molecule has 1 aliphatic heterocycles. The second kappa shape index (κ2) is 8.24. The van der Waals surface area contributed by atoms with Crippen LogP contribution in [0.5, 0.6) is 5.75 Å². The number of ether oxygens (including phenoxy) is 1. The number of methoxy groups -OCH3 is 1. The molecule has 1 atom stereocenters. The van der Waals surface area contributed by atoms with Crippen molar-refractivity contribution in [3.05, 3.63) is 79.7 Å². The van der Waals surface area contributed by atoms with Crippen molar-refractivity contribution in [3.63, 3.8) is 0 Å². The van der Waals surface area contributed by atoms with Crippen LogP contribution in [0.15, 0.2) is 47.3 Å². The molecule has 7 nitrogen and oxygen atoms in total. The van der Waals surface area contributed by atoms with Crippen LogP contribution >= 0.6 is 23.2 Å². The van der Waals surface area contributed by atoms with Crippen molar-refractivity contribution in [1.82, 2.24) is 14.5 Å². The van der Waals surface area contributed by atoms with Crippen molar-refractivity contribution < 1.29 is 9.53 Å². The van der Waals surface area contributed by atoms with Crippen LogP contribution in [-0.2, 0) is 13.0 Å². The van der Waals surface area contributed by atoms with E-state index < -0.39 is 0 Å². The molecule has 0 saturated carbocycles. The lowest BCUT2D eigenvalue weighted by Gasteiger charge is -2.34. The van der Waals surface area contributed by atoms with Crippen molar-refractivity contribution in [2.24, 2.45) is 0 Å². The summed E-state index contributed by atoms with van der Waals surface area (Å²) in [5.41, 5.74) is 7.86. The van der Waals surface area contributed by atoms with Crippen LogP contribution in [0.2, 0.25) is 10.0 Å². The van der Waals surface area contributed by atoms with Gasteiger partial charge in [-0.2, -0.15) is 0 Å². The summed E-state index contributed by atoms with van der Waals surface area (Å²) >= 11 is 12.0. The Hall–Kier alpha value is -3.03. The Kier molecular flexibility index (Phi) is 5.64. The number of carbonyl (C=O) groups is 1. The van der Waals surface area contributed by atoms with E-state index in [2.05, 4.69) is 4.98 Å². The van der Waals surface area contributed by atoms with E-state index in [1.807, 2.05) is 13.0 Å². The minimum atomic E-state index is -0.263. The largest absolute Gasteiger partial charge is 0.495 e. The van der Waals surface area contributed by atoms with Crippen LogP contribution in [0, 0.1) is 0 Å². The maximum Gasteiger partial charge on any atom is 0.263 e. The lowest BCUT2D eigenvalue weighted by Crippen LogP contribution is -2.46. The molecule has 9 heteroatoms. The molecule has 1 amide bonds. The van der Waals surface area contributed by atoms with Crippen LogP contribution in [0.3, 0.4) is 0 Å². The van der Waals surface area contributed by atoms with E-state index in [9.17, 15) is 9.59 Å². The fraction of sp³-hybridized carbons (Fsp3) is 0.227. The number of halogens is 2. The molecule has 0 aliphatic carbocycles. The summed E-state index contributed by atoms with van der Waals surface area (Å²) in [5, 5.41) is 0.682. The number of carbonyl (C=O) groups excluding carboxylic acids is 1. The minimum Gasteiger partial charge on any atom is -0.495 e. The monoisotopic (exact) mass is 458 g/mol. The number of hydrogen-bond donors (Lipinski definition) is 1. The number of nitrogens with two attached hydrogens (primary N) is 1. The first-order valence-electron chi connectivity index (χ1n) is 9.61. The van der Waals surface area contributed by atoms with Gasteiger partial charge in [-0.15, -0.1) is 0 Å². The number of rotatable bonds is 3. The van der Waals surface area contributed by atoms with E-state index in [-0.39, 0.29) is 30.0 Å². The number of amides is 1. The zero-order valence-electron chi connectivity index (χ0n) is 16.9. The van der Waals surface area contributed by atoms with Gasteiger partial charge in [0.25, 0.3) is 11.5 Å². The van der Waals surface area contributed by atoms with E-state index in [0.29, 0.717) is 44.7 Å². The summed E-state index contributed by atoms with van der Waals surface area (Å²) in [6.45, 7) is 2.06.